The average Bonchev–Trinajstić information content (AvgIpc) is 3.32. The first-order valence-electron chi connectivity index (χ1n) is 10.4. The molecule has 7 nitrogen and oxygen atoms in total. The molecule has 1 fully saturated rings. The molecule has 3 aromatic rings. The molecule has 1 aliphatic carbocycles. The zero-order valence-corrected chi connectivity index (χ0v) is 17.5. The minimum atomic E-state index is -0.802. The van der Waals surface area contributed by atoms with Crippen LogP contribution in [0.2, 0.25) is 0 Å². The Kier molecular flexibility index (Phi) is 4.76. The van der Waals surface area contributed by atoms with Gasteiger partial charge in [-0.25, -0.2) is 13.8 Å². The van der Waals surface area contributed by atoms with Gasteiger partial charge < -0.3 is 5.32 Å². The van der Waals surface area contributed by atoms with Crippen molar-refractivity contribution in [2.75, 3.05) is 11.9 Å². The number of fused-ring (bicyclic) bond motifs is 3. The van der Waals surface area contributed by atoms with Crippen molar-refractivity contribution in [2.45, 2.75) is 25.4 Å². The maximum atomic E-state index is 14.5. The lowest BCUT2D eigenvalue weighted by Crippen LogP contribution is -2.49. The molecule has 0 bridgehead atoms. The van der Waals surface area contributed by atoms with E-state index in [4.69, 9.17) is 0 Å². The van der Waals surface area contributed by atoms with Gasteiger partial charge in [-0.15, -0.1) is 0 Å². The molecule has 1 saturated carbocycles. The number of likely N-dealkylation sites (N-methyl/N-ethyl adjacent to an activating group) is 1. The molecule has 1 aromatic carbocycles. The first kappa shape index (κ1) is 20.3. The van der Waals surface area contributed by atoms with Crippen LogP contribution >= 0.6 is 0 Å². The van der Waals surface area contributed by atoms with Crippen molar-refractivity contribution < 1.29 is 18.4 Å². The molecule has 2 aromatic heterocycles. The fraction of sp³-hybridized carbons (Fsp3) is 0.304. The maximum absolute atomic E-state index is 14.5. The molecule has 32 heavy (non-hydrogen) atoms. The van der Waals surface area contributed by atoms with Crippen molar-refractivity contribution in [3.63, 3.8) is 0 Å². The Balaban J connectivity index is 1.37. The Bertz CT molecular complexity index is 1210. The second kappa shape index (κ2) is 7.51. The summed E-state index contributed by atoms with van der Waals surface area (Å²) in [5.74, 6) is -1.43. The number of carbonyl (C=O) groups is 2. The number of nitrogens with zero attached hydrogens (tertiary/aromatic N) is 4. The summed E-state index contributed by atoms with van der Waals surface area (Å²) in [7, 11) is 1.63. The molecule has 1 N–H and O–H groups in total. The van der Waals surface area contributed by atoms with Crippen molar-refractivity contribution in [2.24, 2.45) is 11.8 Å². The number of hydrogen-bond acceptors (Lipinski definition) is 4. The number of aromatic nitrogens is 3. The van der Waals surface area contributed by atoms with Gasteiger partial charge in [0, 0.05) is 13.2 Å². The average molecular weight is 437 g/mol. The van der Waals surface area contributed by atoms with E-state index in [9.17, 15) is 18.4 Å². The molecule has 2 amide bonds. The van der Waals surface area contributed by atoms with Crippen molar-refractivity contribution in [3.8, 4) is 0 Å². The van der Waals surface area contributed by atoms with E-state index in [1.165, 1.54) is 21.7 Å². The zero-order valence-electron chi connectivity index (χ0n) is 17.5. The lowest BCUT2D eigenvalue weighted by Gasteiger charge is -2.23. The molecular formula is C23H21F2N5O2. The van der Waals surface area contributed by atoms with E-state index in [1.807, 2.05) is 19.1 Å². The molecule has 5 rings (SSSR count). The van der Waals surface area contributed by atoms with Crippen molar-refractivity contribution >= 4 is 17.6 Å². The highest BCUT2D eigenvalue weighted by molar-refractivity contribution is 6.02. The third-order valence-corrected chi connectivity index (χ3v) is 6.40. The second-order valence-corrected chi connectivity index (χ2v) is 8.38. The summed E-state index contributed by atoms with van der Waals surface area (Å²) in [6, 6.07) is 8.72. The predicted molar refractivity (Wildman–Crippen MR) is 112 cm³/mol. The smallest absolute Gasteiger partial charge is 0.275 e. The van der Waals surface area contributed by atoms with Gasteiger partial charge in [0.2, 0.25) is 0 Å². The van der Waals surface area contributed by atoms with E-state index in [0.717, 1.165) is 11.8 Å². The van der Waals surface area contributed by atoms with Gasteiger partial charge in [-0.3, -0.25) is 19.2 Å². The van der Waals surface area contributed by atoms with E-state index in [-0.39, 0.29) is 41.7 Å². The molecular weight excluding hydrogens is 416 g/mol. The molecule has 2 aliphatic rings. The van der Waals surface area contributed by atoms with Crippen LogP contribution in [0.4, 0.5) is 14.6 Å². The summed E-state index contributed by atoms with van der Waals surface area (Å²) in [6.45, 7) is 2.21. The molecule has 0 radical (unpaired) electrons. The van der Waals surface area contributed by atoms with Crippen LogP contribution in [0.1, 0.15) is 34.5 Å². The summed E-state index contributed by atoms with van der Waals surface area (Å²) >= 11 is 0. The highest BCUT2D eigenvalue weighted by Gasteiger charge is 2.58. The number of halogens is 2. The van der Waals surface area contributed by atoms with Crippen LogP contribution in [0.3, 0.4) is 0 Å². The van der Waals surface area contributed by atoms with Gasteiger partial charge in [-0.1, -0.05) is 25.1 Å². The number of pyridine rings is 1. The van der Waals surface area contributed by atoms with E-state index >= 15 is 0 Å². The Hall–Kier alpha value is -3.62. The third kappa shape index (κ3) is 3.34. The van der Waals surface area contributed by atoms with Crippen LogP contribution in [-0.2, 0) is 11.3 Å². The van der Waals surface area contributed by atoms with Crippen molar-refractivity contribution in [1.29, 1.82) is 0 Å². The van der Waals surface area contributed by atoms with Crippen LogP contribution < -0.4 is 10.2 Å². The summed E-state index contributed by atoms with van der Waals surface area (Å²) in [5, 5.41) is 6.77. The van der Waals surface area contributed by atoms with Crippen molar-refractivity contribution in [1.82, 2.24) is 20.1 Å². The SMILES string of the molecule is C[C@H]1[C@H]2c3cccnc3N(C)C(=O)C(NC(=O)c3nn(Cc4ccc(F)cc4)cc3F)[C@@H]12. The van der Waals surface area contributed by atoms with Crippen LogP contribution in [0.15, 0.2) is 48.8 Å². The molecule has 0 saturated heterocycles. The molecule has 4 atom stereocenters. The van der Waals surface area contributed by atoms with Gasteiger partial charge in [0.05, 0.1) is 12.7 Å². The lowest BCUT2D eigenvalue weighted by molar-refractivity contribution is -0.120. The Morgan fingerprint density at radius 3 is 2.69 bits per heavy atom. The van der Waals surface area contributed by atoms with Gasteiger partial charge >= 0.3 is 0 Å². The minimum absolute atomic E-state index is 0.0938. The monoisotopic (exact) mass is 437 g/mol. The number of hydrogen-bond donors (Lipinski definition) is 1. The fourth-order valence-corrected chi connectivity index (χ4v) is 4.70. The maximum Gasteiger partial charge on any atom is 0.275 e. The van der Waals surface area contributed by atoms with Gasteiger partial charge in [0.25, 0.3) is 11.8 Å². The van der Waals surface area contributed by atoms with Gasteiger partial charge in [-0.05, 0) is 47.1 Å². The number of benzene rings is 1. The lowest BCUT2D eigenvalue weighted by atomic mass is 10.1. The third-order valence-electron chi connectivity index (χ3n) is 6.40. The largest absolute Gasteiger partial charge is 0.338 e. The number of rotatable bonds is 4. The first-order valence-corrected chi connectivity index (χ1v) is 10.4. The van der Waals surface area contributed by atoms with Crippen LogP contribution in [0.5, 0.6) is 0 Å². The van der Waals surface area contributed by atoms with E-state index in [2.05, 4.69) is 15.4 Å². The summed E-state index contributed by atoms with van der Waals surface area (Å²) < 4.78 is 28.9. The van der Waals surface area contributed by atoms with Gasteiger partial charge in [0.1, 0.15) is 17.7 Å². The summed E-state index contributed by atoms with van der Waals surface area (Å²) in [5.41, 5.74) is 1.31. The second-order valence-electron chi connectivity index (χ2n) is 8.38. The predicted octanol–water partition coefficient (Wildman–Crippen LogP) is 2.73. The fourth-order valence-electron chi connectivity index (χ4n) is 4.70. The summed E-state index contributed by atoms with van der Waals surface area (Å²) in [6.07, 6.45) is 2.74. The van der Waals surface area contributed by atoms with E-state index < -0.39 is 17.8 Å². The zero-order chi connectivity index (χ0) is 22.6. The van der Waals surface area contributed by atoms with Gasteiger partial charge in [0.15, 0.2) is 11.5 Å². The first-order chi connectivity index (χ1) is 15.3. The minimum Gasteiger partial charge on any atom is -0.338 e. The van der Waals surface area contributed by atoms with Gasteiger partial charge in [-0.2, -0.15) is 5.10 Å². The van der Waals surface area contributed by atoms with Crippen LogP contribution in [0.25, 0.3) is 0 Å². The normalized spacial score (nSPS) is 23.9. The Morgan fingerprint density at radius 2 is 1.94 bits per heavy atom. The number of anilines is 1. The highest BCUT2D eigenvalue weighted by Crippen LogP contribution is 2.58. The number of carbonyl (C=O) groups excluding carboxylic acids is 2. The highest BCUT2D eigenvalue weighted by atomic mass is 19.1. The quantitative estimate of drug-likeness (QED) is 0.681. The molecule has 3 heterocycles. The van der Waals surface area contributed by atoms with Crippen LogP contribution in [-0.4, -0.2) is 39.7 Å². The molecule has 164 valence electrons. The molecule has 0 spiro atoms. The van der Waals surface area contributed by atoms with E-state index in [1.54, 1.807) is 25.4 Å². The van der Waals surface area contributed by atoms with Crippen LogP contribution in [0, 0.1) is 23.5 Å². The number of nitrogens with one attached hydrogen (secondary N) is 1. The number of amides is 2. The molecule has 1 aliphatic heterocycles. The van der Waals surface area contributed by atoms with Crippen molar-refractivity contribution in [3.05, 3.63) is 77.2 Å². The molecule has 1 unspecified atom stereocenters. The summed E-state index contributed by atoms with van der Waals surface area (Å²) in [4.78, 5) is 31.8. The Morgan fingerprint density at radius 1 is 1.19 bits per heavy atom. The standard InChI is InChI=1S/C23H21F2N5O2/c1-12-17-15-4-3-9-26-21(15)29(2)23(32)20(18(12)17)27-22(31)19-16(25)11-30(28-19)10-13-5-7-14(24)8-6-13/h3-9,11-12,17-18,20H,10H2,1-2H3,(H,27,31)/t12-,17-,18-,20?/m0/s1. The molecule has 9 heteroatoms. The Labute approximate surface area is 183 Å². The van der Waals surface area contributed by atoms with E-state index in [0.29, 0.717) is 11.4 Å². The topological polar surface area (TPSA) is 80.1 Å².